The van der Waals surface area contributed by atoms with E-state index in [-0.39, 0.29) is 18.6 Å². The molecule has 0 aliphatic carbocycles. The summed E-state index contributed by atoms with van der Waals surface area (Å²) in [7, 11) is 0. The Kier molecular flexibility index (Phi) is 5.58. The highest BCUT2D eigenvalue weighted by Gasteiger charge is 2.20. The van der Waals surface area contributed by atoms with Crippen LogP contribution in [0.4, 0.5) is 0 Å². The van der Waals surface area contributed by atoms with Crippen molar-refractivity contribution in [3.05, 3.63) is 33.3 Å². The maximum absolute atomic E-state index is 11.8. The summed E-state index contributed by atoms with van der Waals surface area (Å²) in [5, 5.41) is 20.2. The van der Waals surface area contributed by atoms with Gasteiger partial charge < -0.3 is 15.5 Å². The van der Waals surface area contributed by atoms with Crippen LogP contribution >= 0.6 is 27.5 Å². The average Bonchev–Trinajstić information content (AvgIpc) is 2.31. The summed E-state index contributed by atoms with van der Waals surface area (Å²) in [4.78, 5) is 22.6. The van der Waals surface area contributed by atoms with Crippen molar-refractivity contribution in [1.29, 1.82) is 0 Å². The SMILES string of the molecule is O=C(N[C@@H](CCO)C(=O)O)c1ccc(Br)c(Cl)c1. The molecular formula is C11H11BrClNO4. The number of benzene rings is 1. The smallest absolute Gasteiger partial charge is 0.326 e. The molecule has 0 heterocycles. The van der Waals surface area contributed by atoms with Gasteiger partial charge in [-0.1, -0.05) is 11.6 Å². The number of carboxylic acid groups (broad SMARTS) is 1. The van der Waals surface area contributed by atoms with Gasteiger partial charge in [0.15, 0.2) is 0 Å². The monoisotopic (exact) mass is 335 g/mol. The molecule has 0 unspecified atom stereocenters. The van der Waals surface area contributed by atoms with Gasteiger partial charge in [-0.2, -0.15) is 0 Å². The van der Waals surface area contributed by atoms with Crippen LogP contribution in [0.15, 0.2) is 22.7 Å². The van der Waals surface area contributed by atoms with Gasteiger partial charge in [0.25, 0.3) is 5.91 Å². The molecule has 1 aromatic rings. The maximum atomic E-state index is 11.8. The number of rotatable bonds is 5. The molecular weight excluding hydrogens is 325 g/mol. The first kappa shape index (κ1) is 14.9. The first-order valence-electron chi connectivity index (χ1n) is 5.05. The van der Waals surface area contributed by atoms with Gasteiger partial charge in [0.05, 0.1) is 5.02 Å². The lowest BCUT2D eigenvalue weighted by Gasteiger charge is -2.13. The van der Waals surface area contributed by atoms with Crippen molar-refractivity contribution in [1.82, 2.24) is 5.32 Å². The predicted octanol–water partition coefficient (Wildman–Crippen LogP) is 1.67. The average molecular weight is 337 g/mol. The number of halogens is 2. The molecule has 0 saturated carbocycles. The van der Waals surface area contributed by atoms with E-state index < -0.39 is 17.9 Å². The van der Waals surface area contributed by atoms with Gasteiger partial charge in [-0.05, 0) is 34.1 Å². The van der Waals surface area contributed by atoms with Gasteiger partial charge >= 0.3 is 5.97 Å². The van der Waals surface area contributed by atoms with Crippen LogP contribution in [0, 0.1) is 0 Å². The van der Waals surface area contributed by atoms with E-state index >= 15 is 0 Å². The number of aliphatic hydroxyl groups is 1. The van der Waals surface area contributed by atoms with Gasteiger partial charge in [0.2, 0.25) is 0 Å². The molecule has 0 bridgehead atoms. The standard InChI is InChI=1S/C11H11BrClNO4/c12-7-2-1-6(5-8(7)13)10(16)14-9(3-4-15)11(17)18/h1-2,5,9,15H,3-4H2,(H,14,16)(H,17,18)/t9-/m0/s1. The predicted molar refractivity (Wildman–Crippen MR) is 69.7 cm³/mol. The van der Waals surface area contributed by atoms with Crippen LogP contribution in [0.2, 0.25) is 5.02 Å². The molecule has 1 atom stereocenters. The molecule has 1 rings (SSSR count). The van der Waals surface area contributed by atoms with E-state index in [1.807, 2.05) is 0 Å². The number of hydrogen-bond donors (Lipinski definition) is 3. The minimum Gasteiger partial charge on any atom is -0.480 e. The van der Waals surface area contributed by atoms with Gasteiger partial charge in [0, 0.05) is 23.1 Å². The Morgan fingerprint density at radius 3 is 2.61 bits per heavy atom. The Bertz CT molecular complexity index is 466. The van der Waals surface area contributed by atoms with Crippen LogP contribution in [-0.4, -0.2) is 34.7 Å². The number of amides is 1. The molecule has 18 heavy (non-hydrogen) atoms. The molecule has 0 aromatic heterocycles. The Morgan fingerprint density at radius 1 is 1.44 bits per heavy atom. The molecule has 0 fully saturated rings. The fourth-order valence-electron chi connectivity index (χ4n) is 1.27. The van der Waals surface area contributed by atoms with E-state index in [1.54, 1.807) is 6.07 Å². The summed E-state index contributed by atoms with van der Waals surface area (Å²) in [6.45, 7) is -0.321. The van der Waals surface area contributed by atoms with E-state index in [9.17, 15) is 9.59 Å². The lowest BCUT2D eigenvalue weighted by molar-refractivity contribution is -0.139. The zero-order valence-corrected chi connectivity index (χ0v) is 11.5. The summed E-state index contributed by atoms with van der Waals surface area (Å²) in [5.41, 5.74) is 0.257. The molecule has 1 aromatic carbocycles. The van der Waals surface area contributed by atoms with E-state index in [1.165, 1.54) is 12.1 Å². The van der Waals surface area contributed by atoms with Crippen LogP contribution < -0.4 is 5.32 Å². The second-order valence-corrected chi connectivity index (χ2v) is 4.77. The minimum atomic E-state index is -1.19. The quantitative estimate of drug-likeness (QED) is 0.763. The van der Waals surface area contributed by atoms with Crippen molar-refractivity contribution in [2.75, 3.05) is 6.61 Å². The maximum Gasteiger partial charge on any atom is 0.326 e. The Balaban J connectivity index is 2.80. The topological polar surface area (TPSA) is 86.6 Å². The van der Waals surface area contributed by atoms with Crippen LogP contribution in [0.5, 0.6) is 0 Å². The van der Waals surface area contributed by atoms with Gasteiger partial charge in [-0.25, -0.2) is 4.79 Å². The molecule has 1 amide bonds. The van der Waals surface area contributed by atoms with Crippen LogP contribution in [-0.2, 0) is 4.79 Å². The zero-order valence-electron chi connectivity index (χ0n) is 9.19. The summed E-state index contributed by atoms with van der Waals surface area (Å²) in [5.74, 6) is -1.74. The van der Waals surface area contributed by atoms with E-state index in [4.69, 9.17) is 21.8 Å². The molecule has 98 valence electrons. The third kappa shape index (κ3) is 3.97. The van der Waals surface area contributed by atoms with E-state index in [0.29, 0.717) is 9.50 Å². The van der Waals surface area contributed by atoms with Gasteiger partial charge in [-0.15, -0.1) is 0 Å². The van der Waals surface area contributed by atoms with Crippen molar-refractivity contribution >= 4 is 39.4 Å². The number of aliphatic hydroxyl groups excluding tert-OH is 1. The second-order valence-electron chi connectivity index (χ2n) is 3.51. The van der Waals surface area contributed by atoms with Crippen molar-refractivity contribution < 1.29 is 19.8 Å². The summed E-state index contributed by atoms with van der Waals surface area (Å²) in [6.07, 6.45) is -0.0503. The Labute approximate surface area is 117 Å². The third-order valence-electron chi connectivity index (χ3n) is 2.20. The van der Waals surface area contributed by atoms with Crippen molar-refractivity contribution in [2.24, 2.45) is 0 Å². The molecule has 5 nitrogen and oxygen atoms in total. The molecule has 0 saturated heterocycles. The minimum absolute atomic E-state index is 0.0503. The number of hydrogen-bond acceptors (Lipinski definition) is 3. The first-order valence-corrected chi connectivity index (χ1v) is 6.22. The number of carbonyl (C=O) groups is 2. The van der Waals surface area contributed by atoms with Gasteiger partial charge in [-0.3, -0.25) is 4.79 Å². The molecule has 0 aliphatic rings. The van der Waals surface area contributed by atoms with Crippen molar-refractivity contribution in [2.45, 2.75) is 12.5 Å². The Morgan fingerprint density at radius 2 is 2.11 bits per heavy atom. The number of aliphatic carboxylic acids is 1. The fraction of sp³-hybridized carbons (Fsp3) is 0.273. The van der Waals surface area contributed by atoms with Crippen LogP contribution in [0.3, 0.4) is 0 Å². The molecule has 3 N–H and O–H groups in total. The largest absolute Gasteiger partial charge is 0.480 e. The number of carboxylic acids is 1. The Hall–Kier alpha value is -1.11. The van der Waals surface area contributed by atoms with Crippen molar-refractivity contribution in [3.63, 3.8) is 0 Å². The number of carbonyl (C=O) groups excluding carboxylic acids is 1. The van der Waals surface area contributed by atoms with Crippen molar-refractivity contribution in [3.8, 4) is 0 Å². The van der Waals surface area contributed by atoms with Crippen LogP contribution in [0.1, 0.15) is 16.8 Å². The summed E-state index contributed by atoms with van der Waals surface area (Å²) < 4.78 is 0.644. The van der Waals surface area contributed by atoms with Crippen LogP contribution in [0.25, 0.3) is 0 Å². The third-order valence-corrected chi connectivity index (χ3v) is 3.44. The fourth-order valence-corrected chi connectivity index (χ4v) is 1.69. The molecule has 0 radical (unpaired) electrons. The molecule has 7 heteroatoms. The zero-order chi connectivity index (χ0) is 13.7. The summed E-state index contributed by atoms with van der Waals surface area (Å²) >= 11 is 9.02. The first-order chi connectivity index (χ1) is 8.45. The lowest BCUT2D eigenvalue weighted by atomic mass is 10.1. The highest BCUT2D eigenvalue weighted by Crippen LogP contribution is 2.23. The molecule has 0 aliphatic heterocycles. The second kappa shape index (κ2) is 6.72. The number of nitrogens with one attached hydrogen (secondary N) is 1. The summed E-state index contributed by atoms with van der Waals surface area (Å²) in [6, 6.07) is 3.42. The highest BCUT2D eigenvalue weighted by atomic mass is 79.9. The lowest BCUT2D eigenvalue weighted by Crippen LogP contribution is -2.41. The van der Waals surface area contributed by atoms with Gasteiger partial charge in [0.1, 0.15) is 6.04 Å². The molecule has 0 spiro atoms. The van der Waals surface area contributed by atoms with E-state index in [0.717, 1.165) is 0 Å². The van der Waals surface area contributed by atoms with E-state index in [2.05, 4.69) is 21.2 Å². The normalized spacial score (nSPS) is 11.9. The highest BCUT2D eigenvalue weighted by molar-refractivity contribution is 9.10.